The summed E-state index contributed by atoms with van der Waals surface area (Å²) >= 11 is 0. The van der Waals surface area contributed by atoms with E-state index >= 15 is 0 Å². The number of carbonyl (C=O) groups is 1. The van der Waals surface area contributed by atoms with Crippen LogP contribution in [-0.2, 0) is 18.4 Å². The molecule has 0 aromatic heterocycles. The Balaban J connectivity index is 4.47. The van der Waals surface area contributed by atoms with E-state index in [4.69, 9.17) is 9.05 Å². The molecule has 3 N–H and O–H groups in total. The quantitative estimate of drug-likeness (QED) is 0.0372. The highest BCUT2D eigenvalue weighted by Gasteiger charge is 2.28. The molecule has 0 aromatic carbocycles. The van der Waals surface area contributed by atoms with Crippen LogP contribution < -0.4 is 5.32 Å². The smallest absolute Gasteiger partial charge is 0.391 e. The molecule has 0 aliphatic heterocycles. The van der Waals surface area contributed by atoms with Crippen LogP contribution in [0, 0.1) is 0 Å². The van der Waals surface area contributed by atoms with Crippen molar-refractivity contribution in [2.45, 2.75) is 180 Å². The molecule has 0 radical (unpaired) electrons. The minimum atomic E-state index is -4.29. The highest BCUT2D eigenvalue weighted by molar-refractivity contribution is 7.47. The Kier molecular flexibility index (Phi) is 28.4. The van der Waals surface area contributed by atoms with Gasteiger partial charge in [0.15, 0.2) is 0 Å². The average Bonchev–Trinajstić information content (AvgIpc) is 2.95. The predicted octanol–water partition coefficient (Wildman–Crippen LogP) is 9.07. The number of nitrogens with zero attached hydrogens (tertiary/aromatic N) is 1. The Morgan fingerprint density at radius 3 is 1.52 bits per heavy atom. The molecule has 0 spiro atoms. The minimum absolute atomic E-state index is 0.0778. The summed E-state index contributed by atoms with van der Waals surface area (Å²) in [6.07, 6.45) is 26.9. The van der Waals surface area contributed by atoms with E-state index in [1.165, 1.54) is 103 Å². The summed E-state index contributed by atoms with van der Waals surface area (Å²) in [4.78, 5) is 22.9. The molecular formula is C35H74N2O6P+. The monoisotopic (exact) mass is 650 g/mol. The zero-order chi connectivity index (χ0) is 32.9. The second-order valence-corrected chi connectivity index (χ2v) is 15.4. The van der Waals surface area contributed by atoms with Gasteiger partial charge in [0.25, 0.3) is 0 Å². The maximum atomic E-state index is 12.7. The topological polar surface area (TPSA) is 105 Å². The Morgan fingerprint density at radius 2 is 1.09 bits per heavy atom. The first-order valence-electron chi connectivity index (χ1n) is 18.4. The van der Waals surface area contributed by atoms with E-state index in [0.29, 0.717) is 23.9 Å². The molecule has 1 amide bonds. The lowest BCUT2D eigenvalue weighted by Gasteiger charge is -2.26. The van der Waals surface area contributed by atoms with Crippen LogP contribution in [0.1, 0.15) is 168 Å². The lowest BCUT2D eigenvalue weighted by atomic mass is 10.0. The third kappa shape index (κ3) is 30.2. The third-order valence-electron chi connectivity index (χ3n) is 8.36. The lowest BCUT2D eigenvalue weighted by molar-refractivity contribution is -0.870. The minimum Gasteiger partial charge on any atom is -0.391 e. The van der Waals surface area contributed by atoms with E-state index in [0.717, 1.165) is 38.5 Å². The van der Waals surface area contributed by atoms with Crippen molar-refractivity contribution in [3.63, 3.8) is 0 Å². The van der Waals surface area contributed by atoms with E-state index in [2.05, 4.69) is 19.2 Å². The van der Waals surface area contributed by atoms with E-state index in [-0.39, 0.29) is 19.1 Å². The number of hydrogen-bond donors (Lipinski definition) is 3. The van der Waals surface area contributed by atoms with Gasteiger partial charge in [0.05, 0.1) is 39.9 Å². The summed E-state index contributed by atoms with van der Waals surface area (Å²) in [5.74, 6) is -0.147. The van der Waals surface area contributed by atoms with Gasteiger partial charge in [-0.1, -0.05) is 149 Å². The average molecular weight is 650 g/mol. The van der Waals surface area contributed by atoms with Crippen LogP contribution in [0.5, 0.6) is 0 Å². The Bertz CT molecular complexity index is 703. The summed E-state index contributed by atoms with van der Waals surface area (Å²) in [5.41, 5.74) is 0. The number of aliphatic hydroxyl groups is 1. The largest absolute Gasteiger partial charge is 0.472 e. The molecule has 0 saturated carbocycles. The fourth-order valence-corrected chi connectivity index (χ4v) is 6.07. The van der Waals surface area contributed by atoms with Crippen LogP contribution in [0.15, 0.2) is 0 Å². The fraction of sp³-hybridized carbons (Fsp3) is 0.971. The number of phosphoric acid groups is 1. The fourth-order valence-electron chi connectivity index (χ4n) is 5.34. The van der Waals surface area contributed by atoms with Gasteiger partial charge in [0.1, 0.15) is 13.2 Å². The van der Waals surface area contributed by atoms with Crippen molar-refractivity contribution in [3.05, 3.63) is 0 Å². The number of rotatable bonds is 33. The van der Waals surface area contributed by atoms with Gasteiger partial charge >= 0.3 is 7.82 Å². The molecule has 8 nitrogen and oxygen atoms in total. The molecule has 0 rings (SSSR count). The van der Waals surface area contributed by atoms with Crippen LogP contribution in [0.25, 0.3) is 0 Å². The summed E-state index contributed by atoms with van der Waals surface area (Å²) in [6.45, 7) is 4.85. The number of amides is 1. The van der Waals surface area contributed by atoms with E-state index in [1.54, 1.807) is 0 Å². The Morgan fingerprint density at radius 1 is 0.682 bits per heavy atom. The second-order valence-electron chi connectivity index (χ2n) is 14.0. The highest BCUT2D eigenvalue weighted by Crippen LogP contribution is 2.43. The third-order valence-corrected chi connectivity index (χ3v) is 9.34. The number of nitrogens with one attached hydrogen (secondary N) is 1. The molecule has 0 aliphatic rings. The van der Waals surface area contributed by atoms with Gasteiger partial charge in [-0.05, 0) is 12.8 Å². The van der Waals surface area contributed by atoms with Crippen LogP contribution in [-0.4, -0.2) is 73.4 Å². The van der Waals surface area contributed by atoms with Gasteiger partial charge in [-0.2, -0.15) is 0 Å². The van der Waals surface area contributed by atoms with E-state index in [9.17, 15) is 19.4 Å². The van der Waals surface area contributed by atoms with Gasteiger partial charge in [-0.3, -0.25) is 13.8 Å². The molecule has 0 heterocycles. The van der Waals surface area contributed by atoms with Gasteiger partial charge in [0, 0.05) is 6.42 Å². The first-order valence-corrected chi connectivity index (χ1v) is 19.9. The van der Waals surface area contributed by atoms with Crippen molar-refractivity contribution in [1.82, 2.24) is 5.32 Å². The number of unbranched alkanes of at least 4 members (excludes halogenated alkanes) is 20. The van der Waals surface area contributed by atoms with Crippen molar-refractivity contribution < 1.29 is 32.9 Å². The molecule has 0 saturated heterocycles. The lowest BCUT2D eigenvalue weighted by Crippen LogP contribution is -2.46. The molecule has 1 unspecified atom stereocenters. The SMILES string of the molecule is CCCCCCCCCCCCCCC(=O)N[C@@H](COP(=O)(O)OCC[N+](C)(C)C)[C@H](O)CCCCCCCCCCCC. The Labute approximate surface area is 272 Å². The summed E-state index contributed by atoms with van der Waals surface area (Å²) in [7, 11) is 1.62. The van der Waals surface area contributed by atoms with Crippen LogP contribution >= 0.6 is 7.82 Å². The van der Waals surface area contributed by atoms with Crippen molar-refractivity contribution >= 4 is 13.7 Å². The molecule has 44 heavy (non-hydrogen) atoms. The van der Waals surface area contributed by atoms with Crippen LogP contribution in [0.4, 0.5) is 0 Å². The summed E-state index contributed by atoms with van der Waals surface area (Å²) in [5, 5.41) is 13.8. The second kappa shape index (κ2) is 28.7. The highest BCUT2D eigenvalue weighted by atomic mass is 31.2. The van der Waals surface area contributed by atoms with Crippen LogP contribution in [0.3, 0.4) is 0 Å². The Hall–Kier alpha value is -0.500. The van der Waals surface area contributed by atoms with Crippen molar-refractivity contribution in [1.29, 1.82) is 0 Å². The van der Waals surface area contributed by atoms with Crippen LogP contribution in [0.2, 0.25) is 0 Å². The zero-order valence-electron chi connectivity index (χ0n) is 29.7. The first kappa shape index (κ1) is 43.5. The molecule has 9 heteroatoms. The number of phosphoric ester groups is 1. The number of hydrogen-bond acceptors (Lipinski definition) is 5. The summed E-state index contributed by atoms with van der Waals surface area (Å²) < 4.78 is 23.4. The number of likely N-dealkylation sites (N-methyl/N-ethyl adjacent to an activating group) is 1. The molecule has 0 bridgehead atoms. The molecule has 0 fully saturated rings. The maximum absolute atomic E-state index is 12.7. The number of carbonyl (C=O) groups excluding carboxylic acids is 1. The molecule has 0 aromatic rings. The van der Waals surface area contributed by atoms with Crippen molar-refractivity contribution in [2.24, 2.45) is 0 Å². The van der Waals surface area contributed by atoms with Crippen molar-refractivity contribution in [3.8, 4) is 0 Å². The van der Waals surface area contributed by atoms with E-state index < -0.39 is 20.0 Å². The molecule has 264 valence electrons. The van der Waals surface area contributed by atoms with Gasteiger partial charge in [0.2, 0.25) is 5.91 Å². The first-order chi connectivity index (χ1) is 21.0. The number of quaternary nitrogens is 1. The standard InChI is InChI=1S/C35H73N2O6P/c1-6-8-10-12-14-16-18-19-21-23-25-27-29-35(39)36-33(32-43-44(40,41)42-31-30-37(3,4)5)34(38)28-26-24-22-20-17-15-13-11-9-7-2/h33-34,38H,6-32H2,1-5H3,(H-,36,39,40,41)/p+1/t33-,34+/m0/s1. The predicted molar refractivity (Wildman–Crippen MR) is 185 cm³/mol. The van der Waals surface area contributed by atoms with E-state index in [1.807, 2.05) is 21.1 Å². The summed E-state index contributed by atoms with van der Waals surface area (Å²) in [6, 6.07) is -0.749. The van der Waals surface area contributed by atoms with Crippen molar-refractivity contribution in [2.75, 3.05) is 40.9 Å². The normalized spacial score (nSPS) is 14.8. The maximum Gasteiger partial charge on any atom is 0.472 e. The molecule has 3 atom stereocenters. The zero-order valence-corrected chi connectivity index (χ0v) is 30.6. The van der Waals surface area contributed by atoms with Gasteiger partial charge in [-0.15, -0.1) is 0 Å². The molecular weight excluding hydrogens is 575 g/mol. The van der Waals surface area contributed by atoms with Gasteiger partial charge in [-0.25, -0.2) is 4.57 Å². The number of aliphatic hydroxyl groups excluding tert-OH is 1. The molecule has 0 aliphatic carbocycles. The van der Waals surface area contributed by atoms with Gasteiger partial charge < -0.3 is 19.8 Å².